The largest absolute Gasteiger partial charge is 0.328 e. The van der Waals surface area contributed by atoms with Crippen LogP contribution >= 0.6 is 11.6 Å². The van der Waals surface area contributed by atoms with Crippen LogP contribution in [0, 0.1) is 5.92 Å². The summed E-state index contributed by atoms with van der Waals surface area (Å²) < 4.78 is 2.32. The third-order valence-corrected chi connectivity index (χ3v) is 4.54. The molecule has 1 aliphatic rings. The topological polar surface area (TPSA) is 17.8 Å². The van der Waals surface area contributed by atoms with Crippen LogP contribution in [-0.4, -0.2) is 9.55 Å². The molecule has 1 aromatic carbocycles. The van der Waals surface area contributed by atoms with Crippen molar-refractivity contribution in [3.05, 3.63) is 41.7 Å². The third-order valence-electron chi connectivity index (χ3n) is 4.21. The highest BCUT2D eigenvalue weighted by molar-refractivity contribution is 6.33. The molecule has 0 radical (unpaired) electrons. The van der Waals surface area contributed by atoms with Gasteiger partial charge in [-0.2, -0.15) is 0 Å². The zero-order valence-electron chi connectivity index (χ0n) is 11.2. The number of hydrogen-bond acceptors (Lipinski definition) is 1. The molecule has 0 bridgehead atoms. The average Bonchev–Trinajstić information content (AvgIpc) is 2.89. The molecule has 19 heavy (non-hydrogen) atoms. The number of aromatic nitrogens is 2. The minimum absolute atomic E-state index is 0.558. The van der Waals surface area contributed by atoms with E-state index in [0.29, 0.717) is 12.0 Å². The van der Waals surface area contributed by atoms with E-state index in [0.717, 1.165) is 16.4 Å². The summed E-state index contributed by atoms with van der Waals surface area (Å²) in [7, 11) is 0. The van der Waals surface area contributed by atoms with Crippen LogP contribution in [0.5, 0.6) is 0 Å². The molecule has 1 aromatic heterocycles. The second-order valence-electron chi connectivity index (χ2n) is 5.47. The van der Waals surface area contributed by atoms with Gasteiger partial charge >= 0.3 is 0 Å². The molecule has 3 rings (SSSR count). The Hall–Kier alpha value is -1.28. The van der Waals surface area contributed by atoms with Crippen LogP contribution in [0.4, 0.5) is 0 Å². The highest BCUT2D eigenvalue weighted by Crippen LogP contribution is 2.37. The average molecular weight is 275 g/mol. The van der Waals surface area contributed by atoms with Gasteiger partial charge in [-0.05, 0) is 30.9 Å². The predicted molar refractivity (Wildman–Crippen MR) is 79.3 cm³/mol. The van der Waals surface area contributed by atoms with Gasteiger partial charge in [0.2, 0.25) is 0 Å². The lowest BCUT2D eigenvalue weighted by Gasteiger charge is -2.31. The van der Waals surface area contributed by atoms with E-state index >= 15 is 0 Å². The Morgan fingerprint density at radius 2 is 2.00 bits per heavy atom. The maximum Gasteiger partial charge on any atom is 0.141 e. The van der Waals surface area contributed by atoms with Gasteiger partial charge in [0.15, 0.2) is 0 Å². The Morgan fingerprint density at radius 1 is 1.21 bits per heavy atom. The van der Waals surface area contributed by atoms with Crippen molar-refractivity contribution in [3.63, 3.8) is 0 Å². The number of rotatable bonds is 2. The normalized spacial score (nSPS) is 23.5. The maximum absolute atomic E-state index is 6.31. The van der Waals surface area contributed by atoms with E-state index < -0.39 is 0 Å². The molecule has 2 atom stereocenters. The first-order valence-electron chi connectivity index (χ1n) is 7.05. The van der Waals surface area contributed by atoms with Crippen molar-refractivity contribution in [1.82, 2.24) is 9.55 Å². The highest BCUT2D eigenvalue weighted by Gasteiger charge is 2.25. The predicted octanol–water partition coefficient (Wildman–Crippen LogP) is 4.95. The first-order chi connectivity index (χ1) is 9.27. The van der Waals surface area contributed by atoms with Crippen molar-refractivity contribution in [2.45, 2.75) is 38.6 Å². The van der Waals surface area contributed by atoms with Gasteiger partial charge < -0.3 is 4.57 Å². The molecular weight excluding hydrogens is 256 g/mol. The van der Waals surface area contributed by atoms with E-state index in [2.05, 4.69) is 28.7 Å². The number of halogens is 1. The first-order valence-corrected chi connectivity index (χ1v) is 7.43. The monoisotopic (exact) mass is 274 g/mol. The molecule has 0 amide bonds. The SMILES string of the molecule is CC1CCCCC1n1ccnc1-c1ccccc1Cl. The van der Waals surface area contributed by atoms with Gasteiger partial charge in [-0.3, -0.25) is 0 Å². The Balaban J connectivity index is 2.01. The van der Waals surface area contributed by atoms with Crippen molar-refractivity contribution in [2.24, 2.45) is 5.92 Å². The molecule has 0 N–H and O–H groups in total. The first kappa shape index (κ1) is 12.7. The highest BCUT2D eigenvalue weighted by atomic mass is 35.5. The fraction of sp³-hybridized carbons (Fsp3) is 0.438. The van der Waals surface area contributed by atoms with Crippen LogP contribution < -0.4 is 0 Å². The summed E-state index contributed by atoms with van der Waals surface area (Å²) >= 11 is 6.31. The van der Waals surface area contributed by atoms with Gasteiger partial charge in [0.1, 0.15) is 5.82 Å². The lowest BCUT2D eigenvalue weighted by atomic mass is 9.85. The lowest BCUT2D eigenvalue weighted by molar-refractivity contribution is 0.259. The number of benzene rings is 1. The van der Waals surface area contributed by atoms with E-state index in [1.807, 2.05) is 24.4 Å². The van der Waals surface area contributed by atoms with Crippen LogP contribution in [0.2, 0.25) is 5.02 Å². The molecule has 2 aromatic rings. The van der Waals surface area contributed by atoms with Crippen molar-refractivity contribution in [1.29, 1.82) is 0 Å². The van der Waals surface area contributed by atoms with Crippen LogP contribution in [0.3, 0.4) is 0 Å². The second-order valence-corrected chi connectivity index (χ2v) is 5.87. The van der Waals surface area contributed by atoms with E-state index in [1.165, 1.54) is 25.7 Å². The zero-order valence-corrected chi connectivity index (χ0v) is 12.0. The van der Waals surface area contributed by atoms with Gasteiger partial charge in [0.05, 0.1) is 5.02 Å². The molecule has 1 saturated carbocycles. The summed E-state index contributed by atoms with van der Waals surface area (Å²) in [6.45, 7) is 2.35. The van der Waals surface area contributed by atoms with Gasteiger partial charge in [-0.25, -0.2) is 4.98 Å². The minimum Gasteiger partial charge on any atom is -0.328 e. The van der Waals surface area contributed by atoms with Crippen molar-refractivity contribution >= 4 is 11.6 Å². The number of hydrogen-bond donors (Lipinski definition) is 0. The molecular formula is C16H19ClN2. The van der Waals surface area contributed by atoms with E-state index in [9.17, 15) is 0 Å². The van der Waals surface area contributed by atoms with Crippen LogP contribution in [-0.2, 0) is 0 Å². The molecule has 1 heterocycles. The summed E-state index contributed by atoms with van der Waals surface area (Å²) in [5.74, 6) is 1.72. The fourth-order valence-electron chi connectivity index (χ4n) is 3.14. The zero-order chi connectivity index (χ0) is 13.2. The summed E-state index contributed by atoms with van der Waals surface area (Å²) in [5, 5.41) is 0.776. The molecule has 0 saturated heterocycles. The van der Waals surface area contributed by atoms with Crippen LogP contribution in [0.25, 0.3) is 11.4 Å². The molecule has 2 unspecified atom stereocenters. The van der Waals surface area contributed by atoms with Gasteiger partial charge in [0, 0.05) is 24.0 Å². The van der Waals surface area contributed by atoms with Gasteiger partial charge in [0.25, 0.3) is 0 Å². The molecule has 0 aliphatic heterocycles. The van der Waals surface area contributed by atoms with Crippen molar-refractivity contribution in [3.8, 4) is 11.4 Å². The van der Waals surface area contributed by atoms with Crippen molar-refractivity contribution in [2.75, 3.05) is 0 Å². The van der Waals surface area contributed by atoms with Gasteiger partial charge in [-0.1, -0.05) is 43.5 Å². The fourth-order valence-corrected chi connectivity index (χ4v) is 3.36. The van der Waals surface area contributed by atoms with Crippen molar-refractivity contribution < 1.29 is 0 Å². The smallest absolute Gasteiger partial charge is 0.141 e. The molecule has 100 valence electrons. The second kappa shape index (κ2) is 5.38. The lowest BCUT2D eigenvalue weighted by Crippen LogP contribution is -2.21. The number of nitrogens with zero attached hydrogens (tertiary/aromatic N) is 2. The quantitative estimate of drug-likeness (QED) is 0.757. The molecule has 0 spiro atoms. The molecule has 3 heteroatoms. The summed E-state index contributed by atoms with van der Waals surface area (Å²) in [6, 6.07) is 8.52. The Morgan fingerprint density at radius 3 is 2.79 bits per heavy atom. The summed E-state index contributed by atoms with van der Waals surface area (Å²) in [4.78, 5) is 4.54. The van der Waals surface area contributed by atoms with Crippen LogP contribution in [0.1, 0.15) is 38.6 Å². The Labute approximate surface area is 119 Å². The molecule has 1 fully saturated rings. The minimum atomic E-state index is 0.558. The van der Waals surface area contributed by atoms with Crippen LogP contribution in [0.15, 0.2) is 36.7 Å². The Kier molecular flexibility index (Phi) is 3.61. The summed E-state index contributed by atoms with van der Waals surface area (Å²) in [6.07, 6.45) is 9.22. The third kappa shape index (κ3) is 2.42. The Bertz CT molecular complexity index is 561. The number of imidazole rings is 1. The van der Waals surface area contributed by atoms with E-state index in [4.69, 9.17) is 11.6 Å². The molecule has 2 nitrogen and oxygen atoms in total. The summed E-state index contributed by atoms with van der Waals surface area (Å²) in [5.41, 5.74) is 1.03. The maximum atomic E-state index is 6.31. The molecule has 1 aliphatic carbocycles. The van der Waals surface area contributed by atoms with Gasteiger partial charge in [-0.15, -0.1) is 0 Å². The van der Waals surface area contributed by atoms with E-state index in [1.54, 1.807) is 0 Å². The standard InChI is InChI=1S/C16H19ClN2/c1-12-6-2-5-9-15(12)19-11-10-18-16(19)13-7-3-4-8-14(13)17/h3-4,7-8,10-12,15H,2,5-6,9H2,1H3. The van der Waals surface area contributed by atoms with E-state index in [-0.39, 0.29) is 0 Å².